The molecule has 0 spiro atoms. The number of carbonyl (C=O) groups is 3. The zero-order valence-corrected chi connectivity index (χ0v) is 20.4. The molecule has 9 heteroatoms. The van der Waals surface area contributed by atoms with Gasteiger partial charge in [0.1, 0.15) is 6.54 Å². The fourth-order valence-electron chi connectivity index (χ4n) is 4.83. The van der Waals surface area contributed by atoms with Crippen LogP contribution in [0.4, 0.5) is 4.79 Å². The van der Waals surface area contributed by atoms with Gasteiger partial charge in [0.2, 0.25) is 5.91 Å². The highest BCUT2D eigenvalue weighted by molar-refractivity contribution is 7.91. The van der Waals surface area contributed by atoms with E-state index >= 15 is 0 Å². The lowest BCUT2D eigenvalue weighted by Gasteiger charge is -2.30. The molecule has 2 saturated heterocycles. The van der Waals surface area contributed by atoms with Gasteiger partial charge in [0, 0.05) is 12.6 Å². The van der Waals surface area contributed by atoms with E-state index in [0.717, 1.165) is 16.0 Å². The topological polar surface area (TPSA) is 104 Å². The van der Waals surface area contributed by atoms with Crippen molar-refractivity contribution in [3.63, 3.8) is 0 Å². The zero-order valence-electron chi connectivity index (χ0n) is 19.6. The van der Waals surface area contributed by atoms with E-state index in [1.807, 2.05) is 38.1 Å². The molecule has 34 heavy (non-hydrogen) atoms. The summed E-state index contributed by atoms with van der Waals surface area (Å²) in [6.07, 6.45) is 0.360. The number of benzene rings is 2. The second-order valence-corrected chi connectivity index (χ2v) is 11.2. The number of amides is 4. The first-order valence-corrected chi connectivity index (χ1v) is 13.2. The number of nitrogens with zero attached hydrogens (tertiary/aromatic N) is 2. The Morgan fingerprint density at radius 3 is 2.38 bits per heavy atom. The number of likely N-dealkylation sites (N-methyl/N-ethyl adjacent to an activating group) is 1. The number of urea groups is 1. The molecule has 2 aliphatic rings. The SMILES string of the molecule is CCN(C(=O)CN1C(=O)N[C@@](c2ccccc2)(c2ccc(C)c(C)c2)C1=O)[C@H]1CCS(=O)(=O)C1. The lowest BCUT2D eigenvalue weighted by Crippen LogP contribution is -2.49. The van der Waals surface area contributed by atoms with E-state index in [-0.39, 0.29) is 11.5 Å². The Bertz CT molecular complexity index is 1240. The average Bonchev–Trinajstić information content (AvgIpc) is 3.28. The standard InChI is InChI=1S/C25H29N3O5S/c1-4-27(21-12-13-34(32,33)16-21)22(29)15-28-23(30)25(26-24(28)31,19-8-6-5-7-9-19)20-11-10-17(2)18(3)14-20/h5-11,14,21H,4,12-13,15-16H2,1-3H3,(H,26,31)/t21-,25-/m0/s1. The number of imide groups is 1. The van der Waals surface area contributed by atoms with Gasteiger partial charge in [-0.1, -0.05) is 48.5 Å². The van der Waals surface area contributed by atoms with Crippen LogP contribution in [0.5, 0.6) is 0 Å². The Morgan fingerprint density at radius 2 is 1.79 bits per heavy atom. The van der Waals surface area contributed by atoms with E-state index in [2.05, 4.69) is 5.32 Å². The smallest absolute Gasteiger partial charge is 0.326 e. The van der Waals surface area contributed by atoms with Crippen LogP contribution in [-0.4, -0.2) is 66.7 Å². The molecule has 2 atom stereocenters. The highest BCUT2D eigenvalue weighted by Gasteiger charge is 2.54. The minimum Gasteiger partial charge on any atom is -0.337 e. The van der Waals surface area contributed by atoms with E-state index in [0.29, 0.717) is 24.1 Å². The fraction of sp³-hybridized carbons (Fsp3) is 0.400. The van der Waals surface area contributed by atoms with Gasteiger partial charge in [0.25, 0.3) is 5.91 Å². The molecule has 0 aromatic heterocycles. The van der Waals surface area contributed by atoms with Crippen molar-refractivity contribution < 1.29 is 22.8 Å². The maximum atomic E-state index is 13.9. The molecule has 180 valence electrons. The third-order valence-electron chi connectivity index (χ3n) is 6.86. The van der Waals surface area contributed by atoms with Crippen LogP contribution < -0.4 is 5.32 Å². The summed E-state index contributed by atoms with van der Waals surface area (Å²) in [5.74, 6) is -1.04. The molecule has 0 unspecified atom stereocenters. The molecule has 2 aromatic carbocycles. The highest BCUT2D eigenvalue weighted by Crippen LogP contribution is 2.37. The van der Waals surface area contributed by atoms with Crippen LogP contribution in [0.15, 0.2) is 48.5 Å². The molecular weight excluding hydrogens is 454 g/mol. The number of sulfone groups is 1. The lowest BCUT2D eigenvalue weighted by molar-refractivity contribution is -0.139. The summed E-state index contributed by atoms with van der Waals surface area (Å²) in [5.41, 5.74) is 1.79. The first kappa shape index (κ1) is 23.9. The molecule has 0 aliphatic carbocycles. The number of aryl methyl sites for hydroxylation is 2. The van der Waals surface area contributed by atoms with Crippen LogP contribution in [0.3, 0.4) is 0 Å². The summed E-state index contributed by atoms with van der Waals surface area (Å²) in [5, 5.41) is 2.86. The van der Waals surface area contributed by atoms with Gasteiger partial charge < -0.3 is 10.2 Å². The molecule has 4 amide bonds. The minimum absolute atomic E-state index is 0.0362. The molecular formula is C25H29N3O5S. The lowest BCUT2D eigenvalue weighted by atomic mass is 9.81. The van der Waals surface area contributed by atoms with Crippen LogP contribution in [0.25, 0.3) is 0 Å². The van der Waals surface area contributed by atoms with Crippen molar-refractivity contribution in [2.45, 2.75) is 38.8 Å². The summed E-state index contributed by atoms with van der Waals surface area (Å²) in [6.45, 7) is 5.52. The largest absolute Gasteiger partial charge is 0.337 e. The number of rotatable bonds is 6. The Morgan fingerprint density at radius 1 is 1.09 bits per heavy atom. The number of nitrogens with one attached hydrogen (secondary N) is 1. The summed E-state index contributed by atoms with van der Waals surface area (Å²) in [6, 6.07) is 13.5. The molecule has 0 radical (unpaired) electrons. The van der Waals surface area contributed by atoms with Crippen molar-refractivity contribution in [1.82, 2.24) is 15.1 Å². The van der Waals surface area contributed by atoms with E-state index in [1.165, 1.54) is 4.90 Å². The van der Waals surface area contributed by atoms with Crippen LogP contribution in [0.1, 0.15) is 35.6 Å². The minimum atomic E-state index is -3.18. The zero-order chi connectivity index (χ0) is 24.7. The van der Waals surface area contributed by atoms with Crippen molar-refractivity contribution in [2.24, 2.45) is 0 Å². The van der Waals surface area contributed by atoms with Crippen molar-refractivity contribution in [3.8, 4) is 0 Å². The van der Waals surface area contributed by atoms with Gasteiger partial charge in [-0.05, 0) is 49.4 Å². The summed E-state index contributed by atoms with van der Waals surface area (Å²) >= 11 is 0. The predicted octanol–water partition coefficient (Wildman–Crippen LogP) is 2.13. The van der Waals surface area contributed by atoms with Gasteiger partial charge in [-0.3, -0.25) is 14.5 Å². The van der Waals surface area contributed by atoms with E-state index in [9.17, 15) is 22.8 Å². The van der Waals surface area contributed by atoms with Crippen LogP contribution in [0, 0.1) is 13.8 Å². The Balaban J connectivity index is 1.68. The van der Waals surface area contributed by atoms with Crippen LogP contribution in [0.2, 0.25) is 0 Å². The van der Waals surface area contributed by atoms with Gasteiger partial charge in [-0.2, -0.15) is 0 Å². The maximum absolute atomic E-state index is 13.9. The van der Waals surface area contributed by atoms with Gasteiger partial charge in [0.05, 0.1) is 11.5 Å². The summed E-state index contributed by atoms with van der Waals surface area (Å²) < 4.78 is 23.8. The summed E-state index contributed by atoms with van der Waals surface area (Å²) in [7, 11) is -3.18. The van der Waals surface area contributed by atoms with Gasteiger partial charge in [0.15, 0.2) is 15.4 Å². The van der Waals surface area contributed by atoms with E-state index in [4.69, 9.17) is 0 Å². The van der Waals surface area contributed by atoms with E-state index in [1.54, 1.807) is 31.2 Å². The molecule has 1 N–H and O–H groups in total. The Kier molecular flexibility index (Phi) is 6.24. The fourth-order valence-corrected chi connectivity index (χ4v) is 6.56. The van der Waals surface area contributed by atoms with Crippen LogP contribution in [-0.2, 0) is 25.0 Å². The van der Waals surface area contributed by atoms with Crippen molar-refractivity contribution in [3.05, 3.63) is 70.8 Å². The number of hydrogen-bond acceptors (Lipinski definition) is 5. The number of carbonyl (C=O) groups excluding carboxylic acids is 3. The van der Waals surface area contributed by atoms with Crippen LogP contribution >= 0.6 is 0 Å². The maximum Gasteiger partial charge on any atom is 0.326 e. The quantitative estimate of drug-likeness (QED) is 0.634. The molecule has 2 heterocycles. The number of hydrogen-bond donors (Lipinski definition) is 1. The van der Waals surface area contributed by atoms with Crippen molar-refractivity contribution >= 4 is 27.7 Å². The highest BCUT2D eigenvalue weighted by atomic mass is 32.2. The third kappa shape index (κ3) is 4.09. The summed E-state index contributed by atoms with van der Waals surface area (Å²) in [4.78, 5) is 42.5. The molecule has 0 bridgehead atoms. The van der Waals surface area contributed by atoms with Crippen molar-refractivity contribution in [2.75, 3.05) is 24.6 Å². The third-order valence-corrected chi connectivity index (χ3v) is 8.61. The monoisotopic (exact) mass is 483 g/mol. The second kappa shape index (κ2) is 8.87. The molecule has 0 saturated carbocycles. The predicted molar refractivity (Wildman–Crippen MR) is 128 cm³/mol. The normalized spacial score (nSPS) is 23.7. The molecule has 2 aromatic rings. The molecule has 8 nitrogen and oxygen atoms in total. The Hall–Kier alpha value is -3.20. The molecule has 2 aliphatic heterocycles. The Labute approximate surface area is 199 Å². The molecule has 2 fully saturated rings. The second-order valence-electron chi connectivity index (χ2n) is 8.97. The van der Waals surface area contributed by atoms with Gasteiger partial charge in [-0.25, -0.2) is 13.2 Å². The van der Waals surface area contributed by atoms with E-state index < -0.39 is 45.8 Å². The first-order valence-electron chi connectivity index (χ1n) is 11.4. The first-order chi connectivity index (χ1) is 16.1. The van der Waals surface area contributed by atoms with Gasteiger partial charge >= 0.3 is 6.03 Å². The van der Waals surface area contributed by atoms with Crippen molar-refractivity contribution in [1.29, 1.82) is 0 Å². The van der Waals surface area contributed by atoms with Gasteiger partial charge in [-0.15, -0.1) is 0 Å². The molecule has 4 rings (SSSR count). The average molecular weight is 484 g/mol.